The van der Waals surface area contributed by atoms with Gasteiger partial charge in [-0.2, -0.15) is 0 Å². The summed E-state index contributed by atoms with van der Waals surface area (Å²) in [5.41, 5.74) is 1.31. The minimum Gasteiger partial charge on any atom is -0.364 e. The van der Waals surface area contributed by atoms with Gasteiger partial charge in [-0.1, -0.05) is 6.07 Å². The van der Waals surface area contributed by atoms with Crippen molar-refractivity contribution < 1.29 is 9.18 Å². The SMILES string of the molecule is Cc1cnc(N[C@@H]2C[C@H]3CC[C@@H]2N3C(=O)c2cccc(F)c2-c2ncccn2)cn1. The molecule has 152 valence electrons. The average molecular weight is 404 g/mol. The average Bonchev–Trinajstić information content (AvgIpc) is 3.33. The number of carbonyl (C=O) groups excluding carboxylic acids is 1. The second-order valence-electron chi connectivity index (χ2n) is 7.78. The zero-order valence-electron chi connectivity index (χ0n) is 16.5. The highest BCUT2D eigenvalue weighted by Crippen LogP contribution is 2.41. The van der Waals surface area contributed by atoms with E-state index in [1.54, 1.807) is 43.0 Å². The topological polar surface area (TPSA) is 83.9 Å². The molecule has 2 fully saturated rings. The number of aromatic nitrogens is 4. The summed E-state index contributed by atoms with van der Waals surface area (Å²) in [4.78, 5) is 32.4. The van der Waals surface area contributed by atoms with Gasteiger partial charge < -0.3 is 10.2 Å². The number of rotatable bonds is 4. The molecule has 0 unspecified atom stereocenters. The van der Waals surface area contributed by atoms with Gasteiger partial charge in [0.25, 0.3) is 5.91 Å². The van der Waals surface area contributed by atoms with Gasteiger partial charge >= 0.3 is 0 Å². The smallest absolute Gasteiger partial charge is 0.255 e. The van der Waals surface area contributed by atoms with Crippen molar-refractivity contribution in [2.45, 2.75) is 44.3 Å². The third kappa shape index (κ3) is 3.18. The molecule has 3 aromatic rings. The lowest BCUT2D eigenvalue weighted by Crippen LogP contribution is -2.40. The molecule has 1 N–H and O–H groups in total. The van der Waals surface area contributed by atoms with E-state index < -0.39 is 5.82 Å². The molecule has 0 saturated carbocycles. The van der Waals surface area contributed by atoms with E-state index in [-0.39, 0.29) is 35.4 Å². The Balaban J connectivity index is 1.44. The lowest BCUT2D eigenvalue weighted by Gasteiger charge is -2.26. The van der Waals surface area contributed by atoms with E-state index in [1.807, 2.05) is 11.8 Å². The van der Waals surface area contributed by atoms with E-state index in [0.717, 1.165) is 25.0 Å². The molecule has 1 amide bonds. The second-order valence-corrected chi connectivity index (χ2v) is 7.78. The Labute approximate surface area is 173 Å². The first-order valence-corrected chi connectivity index (χ1v) is 10.1. The largest absolute Gasteiger partial charge is 0.364 e. The van der Waals surface area contributed by atoms with Crippen LogP contribution in [0.25, 0.3) is 11.4 Å². The van der Waals surface area contributed by atoms with Gasteiger partial charge in [0.1, 0.15) is 11.6 Å². The summed E-state index contributed by atoms with van der Waals surface area (Å²) in [6.07, 6.45) is 9.21. The van der Waals surface area contributed by atoms with Gasteiger partial charge in [0, 0.05) is 18.4 Å². The minimum absolute atomic E-state index is 0.0263. The number of anilines is 1. The molecule has 4 heterocycles. The van der Waals surface area contributed by atoms with Crippen LogP contribution in [-0.4, -0.2) is 48.9 Å². The normalized spacial score (nSPS) is 22.3. The van der Waals surface area contributed by atoms with Crippen LogP contribution < -0.4 is 5.32 Å². The van der Waals surface area contributed by atoms with Crippen molar-refractivity contribution in [3.8, 4) is 11.4 Å². The number of halogens is 1. The Morgan fingerprint density at radius 1 is 1.10 bits per heavy atom. The highest BCUT2D eigenvalue weighted by atomic mass is 19.1. The highest BCUT2D eigenvalue weighted by molar-refractivity contribution is 6.01. The van der Waals surface area contributed by atoms with Gasteiger partial charge in [-0.15, -0.1) is 0 Å². The molecule has 2 bridgehead atoms. The molecule has 3 atom stereocenters. The van der Waals surface area contributed by atoms with Crippen molar-refractivity contribution in [3.63, 3.8) is 0 Å². The number of aryl methyl sites for hydroxylation is 1. The van der Waals surface area contributed by atoms with Gasteiger partial charge in [-0.05, 0) is 44.4 Å². The third-order valence-corrected chi connectivity index (χ3v) is 5.92. The Kier molecular flexibility index (Phi) is 4.61. The molecule has 2 aromatic heterocycles. The molecule has 2 saturated heterocycles. The van der Waals surface area contributed by atoms with E-state index in [4.69, 9.17) is 0 Å². The molecular weight excluding hydrogens is 383 g/mol. The summed E-state index contributed by atoms with van der Waals surface area (Å²) in [5, 5.41) is 3.43. The number of nitrogens with zero attached hydrogens (tertiary/aromatic N) is 5. The van der Waals surface area contributed by atoms with Gasteiger partial charge in [0.05, 0.1) is 41.3 Å². The number of hydrogen-bond donors (Lipinski definition) is 1. The van der Waals surface area contributed by atoms with E-state index in [1.165, 1.54) is 6.07 Å². The maximum absolute atomic E-state index is 14.7. The Morgan fingerprint density at radius 2 is 1.93 bits per heavy atom. The molecule has 0 radical (unpaired) electrons. The summed E-state index contributed by atoms with van der Waals surface area (Å²) in [6.45, 7) is 1.89. The molecule has 1 aromatic carbocycles. The summed E-state index contributed by atoms with van der Waals surface area (Å²) >= 11 is 0. The van der Waals surface area contributed by atoms with Gasteiger partial charge in [0.2, 0.25) is 0 Å². The van der Waals surface area contributed by atoms with Crippen LogP contribution in [0.5, 0.6) is 0 Å². The fraction of sp³-hybridized carbons (Fsp3) is 0.318. The van der Waals surface area contributed by atoms with Crippen molar-refractivity contribution in [2.75, 3.05) is 5.32 Å². The zero-order valence-corrected chi connectivity index (χ0v) is 16.5. The summed E-state index contributed by atoms with van der Waals surface area (Å²) in [6, 6.07) is 6.45. The molecule has 30 heavy (non-hydrogen) atoms. The van der Waals surface area contributed by atoms with Crippen LogP contribution in [-0.2, 0) is 0 Å². The predicted molar refractivity (Wildman–Crippen MR) is 109 cm³/mol. The lowest BCUT2D eigenvalue weighted by atomic mass is 9.95. The van der Waals surface area contributed by atoms with Crippen LogP contribution in [0.15, 0.2) is 49.1 Å². The van der Waals surface area contributed by atoms with Crippen LogP contribution in [0.4, 0.5) is 10.2 Å². The Hall–Kier alpha value is -3.42. The molecule has 0 spiro atoms. The number of hydrogen-bond acceptors (Lipinski definition) is 6. The van der Waals surface area contributed by atoms with E-state index in [2.05, 4.69) is 25.3 Å². The summed E-state index contributed by atoms with van der Waals surface area (Å²) < 4.78 is 14.7. The van der Waals surface area contributed by atoms with Gasteiger partial charge in [-0.3, -0.25) is 9.78 Å². The number of carbonyl (C=O) groups is 1. The lowest BCUT2D eigenvalue weighted by molar-refractivity contribution is 0.0728. The third-order valence-electron chi connectivity index (χ3n) is 5.92. The Morgan fingerprint density at radius 3 is 2.70 bits per heavy atom. The van der Waals surface area contributed by atoms with E-state index in [9.17, 15) is 9.18 Å². The van der Waals surface area contributed by atoms with Gasteiger partial charge in [-0.25, -0.2) is 19.3 Å². The minimum atomic E-state index is -0.497. The molecule has 2 aliphatic heterocycles. The predicted octanol–water partition coefficient (Wildman–Crippen LogP) is 3.24. The molecule has 2 aliphatic rings. The molecular formula is C22H21FN6O. The number of fused-ring (bicyclic) bond motifs is 2. The maximum atomic E-state index is 14.7. The first kappa shape index (κ1) is 18.6. The van der Waals surface area contributed by atoms with Crippen molar-refractivity contribution in [1.82, 2.24) is 24.8 Å². The quantitative estimate of drug-likeness (QED) is 0.719. The summed E-state index contributed by atoms with van der Waals surface area (Å²) in [5.74, 6) is 0.247. The van der Waals surface area contributed by atoms with Crippen LogP contribution in [0.3, 0.4) is 0 Å². The Bertz CT molecular complexity index is 1070. The molecule has 5 rings (SSSR count). The van der Waals surface area contributed by atoms with Crippen LogP contribution in [0, 0.1) is 12.7 Å². The number of amides is 1. The molecule has 7 nitrogen and oxygen atoms in total. The van der Waals surface area contributed by atoms with Crippen molar-refractivity contribution in [3.05, 3.63) is 66.1 Å². The van der Waals surface area contributed by atoms with Gasteiger partial charge in [0.15, 0.2) is 5.82 Å². The van der Waals surface area contributed by atoms with Crippen LogP contribution in [0.2, 0.25) is 0 Å². The maximum Gasteiger partial charge on any atom is 0.255 e. The van der Waals surface area contributed by atoms with E-state index in [0.29, 0.717) is 11.4 Å². The molecule has 0 aliphatic carbocycles. The fourth-order valence-electron chi connectivity index (χ4n) is 4.61. The zero-order chi connectivity index (χ0) is 20.7. The van der Waals surface area contributed by atoms with Crippen LogP contribution in [0.1, 0.15) is 35.3 Å². The monoisotopic (exact) mass is 404 g/mol. The number of benzene rings is 1. The first-order chi connectivity index (χ1) is 14.6. The van der Waals surface area contributed by atoms with Crippen molar-refractivity contribution >= 4 is 11.7 Å². The summed E-state index contributed by atoms with van der Waals surface area (Å²) in [7, 11) is 0. The van der Waals surface area contributed by atoms with E-state index >= 15 is 0 Å². The molecule has 8 heteroatoms. The number of nitrogens with one attached hydrogen (secondary N) is 1. The standard InChI is InChI=1S/C22H21FN6O/c1-13-11-27-19(12-26-13)28-17-10-14-6-7-18(17)29(14)22(30)15-4-2-5-16(23)20(15)21-24-8-3-9-25-21/h2-5,8-9,11-12,14,17-18H,6-7,10H2,1H3,(H,27,28)/t14-,17-,18+/m1/s1. The van der Waals surface area contributed by atoms with Crippen LogP contribution >= 0.6 is 0 Å². The van der Waals surface area contributed by atoms with Crippen molar-refractivity contribution in [2.24, 2.45) is 0 Å². The second kappa shape index (κ2) is 7.44. The first-order valence-electron chi connectivity index (χ1n) is 10.1. The van der Waals surface area contributed by atoms with Crippen molar-refractivity contribution in [1.29, 1.82) is 0 Å². The highest BCUT2D eigenvalue weighted by Gasteiger charge is 2.49. The fourth-order valence-corrected chi connectivity index (χ4v) is 4.61.